The van der Waals surface area contributed by atoms with Gasteiger partial charge in [0.15, 0.2) is 0 Å². The molecule has 0 aliphatic carbocycles. The summed E-state index contributed by atoms with van der Waals surface area (Å²) >= 11 is 0. The largest absolute Gasteiger partial charge is 0.399 e. The Balaban J connectivity index is 2.31. The number of aliphatic hydroxyl groups excluding tert-OH is 1. The molecule has 0 saturated carbocycles. The van der Waals surface area contributed by atoms with E-state index in [0.29, 0.717) is 6.04 Å². The summed E-state index contributed by atoms with van der Waals surface area (Å²) in [4.78, 5) is 0. The maximum absolute atomic E-state index is 8.65. The Hall–Kier alpha value is -1.06. The second-order valence-electron chi connectivity index (χ2n) is 3.88. The highest BCUT2D eigenvalue weighted by Crippen LogP contribution is 2.07. The third-order valence-electron chi connectivity index (χ3n) is 2.35. The van der Waals surface area contributed by atoms with Crippen molar-refractivity contribution in [2.75, 3.05) is 18.9 Å². The van der Waals surface area contributed by atoms with Gasteiger partial charge in [0.05, 0.1) is 0 Å². The van der Waals surface area contributed by atoms with Crippen LogP contribution in [-0.2, 0) is 6.42 Å². The minimum absolute atomic E-state index is 0.252. The molecule has 0 fully saturated rings. The predicted octanol–water partition coefficient (Wildman–Crippen LogP) is 1.17. The number of aliphatic hydroxyl groups is 1. The molecule has 0 aromatic heterocycles. The average molecular weight is 208 g/mol. The molecule has 0 amide bonds. The van der Waals surface area contributed by atoms with Gasteiger partial charge in [-0.05, 0) is 44.0 Å². The molecule has 84 valence electrons. The SMILES string of the molecule is CC(Cc1ccc(N)cc1)NCCCO. The van der Waals surface area contributed by atoms with Crippen molar-refractivity contribution in [3.8, 4) is 0 Å². The zero-order valence-corrected chi connectivity index (χ0v) is 9.24. The summed E-state index contributed by atoms with van der Waals surface area (Å²) in [6.45, 7) is 3.27. The van der Waals surface area contributed by atoms with Gasteiger partial charge in [0, 0.05) is 18.3 Å². The Morgan fingerprint density at radius 2 is 2.00 bits per heavy atom. The van der Waals surface area contributed by atoms with Gasteiger partial charge in [-0.25, -0.2) is 0 Å². The molecule has 15 heavy (non-hydrogen) atoms. The first-order valence-electron chi connectivity index (χ1n) is 5.41. The van der Waals surface area contributed by atoms with Gasteiger partial charge in [0.25, 0.3) is 0 Å². The quantitative estimate of drug-likeness (QED) is 0.486. The van der Waals surface area contributed by atoms with E-state index in [2.05, 4.69) is 24.4 Å². The molecule has 1 rings (SSSR count). The fourth-order valence-electron chi connectivity index (χ4n) is 1.51. The minimum Gasteiger partial charge on any atom is -0.399 e. The van der Waals surface area contributed by atoms with Crippen molar-refractivity contribution in [1.29, 1.82) is 0 Å². The van der Waals surface area contributed by atoms with Crippen LogP contribution in [0.2, 0.25) is 0 Å². The van der Waals surface area contributed by atoms with Crippen molar-refractivity contribution in [2.24, 2.45) is 0 Å². The molecule has 0 radical (unpaired) electrons. The van der Waals surface area contributed by atoms with Crippen LogP contribution in [0.4, 0.5) is 5.69 Å². The van der Waals surface area contributed by atoms with E-state index in [1.54, 1.807) is 0 Å². The lowest BCUT2D eigenvalue weighted by molar-refractivity contribution is 0.283. The van der Waals surface area contributed by atoms with Crippen LogP contribution < -0.4 is 11.1 Å². The highest BCUT2D eigenvalue weighted by molar-refractivity contribution is 5.39. The Bertz CT molecular complexity index is 271. The number of nitrogens with one attached hydrogen (secondary N) is 1. The van der Waals surface area contributed by atoms with Crippen LogP contribution in [0.1, 0.15) is 18.9 Å². The molecular weight excluding hydrogens is 188 g/mol. The van der Waals surface area contributed by atoms with Crippen molar-refractivity contribution in [3.63, 3.8) is 0 Å². The summed E-state index contributed by atoms with van der Waals surface area (Å²) in [6, 6.07) is 8.39. The normalized spacial score (nSPS) is 12.7. The van der Waals surface area contributed by atoms with Crippen LogP contribution in [0.5, 0.6) is 0 Å². The van der Waals surface area contributed by atoms with E-state index in [4.69, 9.17) is 10.8 Å². The lowest BCUT2D eigenvalue weighted by Gasteiger charge is -2.13. The summed E-state index contributed by atoms with van der Waals surface area (Å²) in [7, 11) is 0. The molecule has 0 aliphatic heterocycles. The second-order valence-corrected chi connectivity index (χ2v) is 3.88. The molecule has 0 spiro atoms. The van der Waals surface area contributed by atoms with Crippen molar-refractivity contribution in [1.82, 2.24) is 5.32 Å². The first kappa shape index (κ1) is 12.0. The Labute approximate surface area is 91.3 Å². The van der Waals surface area contributed by atoms with Gasteiger partial charge in [0.2, 0.25) is 0 Å². The molecule has 1 aromatic rings. The van der Waals surface area contributed by atoms with Gasteiger partial charge >= 0.3 is 0 Å². The molecule has 1 aromatic carbocycles. The first-order chi connectivity index (χ1) is 7.22. The minimum atomic E-state index is 0.252. The van der Waals surface area contributed by atoms with Crippen LogP contribution in [-0.4, -0.2) is 24.3 Å². The van der Waals surface area contributed by atoms with E-state index in [9.17, 15) is 0 Å². The molecule has 4 N–H and O–H groups in total. The van der Waals surface area contributed by atoms with Gasteiger partial charge in [-0.1, -0.05) is 12.1 Å². The van der Waals surface area contributed by atoms with E-state index in [1.807, 2.05) is 12.1 Å². The number of rotatable bonds is 6. The van der Waals surface area contributed by atoms with Crippen LogP contribution in [0.15, 0.2) is 24.3 Å². The highest BCUT2D eigenvalue weighted by Gasteiger charge is 2.01. The van der Waals surface area contributed by atoms with Gasteiger partial charge < -0.3 is 16.2 Å². The molecule has 1 atom stereocenters. The summed E-state index contributed by atoms with van der Waals surface area (Å²) < 4.78 is 0. The van der Waals surface area contributed by atoms with E-state index in [-0.39, 0.29) is 6.61 Å². The maximum Gasteiger partial charge on any atom is 0.0443 e. The molecule has 3 nitrogen and oxygen atoms in total. The zero-order valence-electron chi connectivity index (χ0n) is 9.24. The monoisotopic (exact) mass is 208 g/mol. The number of nitrogens with two attached hydrogens (primary N) is 1. The molecule has 0 saturated heterocycles. The Morgan fingerprint density at radius 1 is 1.33 bits per heavy atom. The van der Waals surface area contributed by atoms with E-state index >= 15 is 0 Å². The number of hydrogen-bond donors (Lipinski definition) is 3. The molecule has 3 heteroatoms. The zero-order chi connectivity index (χ0) is 11.1. The standard InChI is InChI=1S/C12H20N2O/c1-10(14-7-2-8-15)9-11-3-5-12(13)6-4-11/h3-6,10,14-15H,2,7-9,13H2,1H3. The Morgan fingerprint density at radius 3 is 2.60 bits per heavy atom. The van der Waals surface area contributed by atoms with Crippen LogP contribution >= 0.6 is 0 Å². The van der Waals surface area contributed by atoms with Gasteiger partial charge in [-0.15, -0.1) is 0 Å². The summed E-state index contributed by atoms with van der Waals surface area (Å²) in [5, 5.41) is 12.0. The fourth-order valence-corrected chi connectivity index (χ4v) is 1.51. The van der Waals surface area contributed by atoms with Gasteiger partial charge in [-0.2, -0.15) is 0 Å². The van der Waals surface area contributed by atoms with E-state index in [1.165, 1.54) is 5.56 Å². The molecule has 0 aliphatic rings. The number of benzene rings is 1. The Kier molecular flexibility index (Phi) is 5.15. The first-order valence-corrected chi connectivity index (χ1v) is 5.41. The third kappa shape index (κ3) is 4.81. The maximum atomic E-state index is 8.65. The molecule has 0 bridgehead atoms. The van der Waals surface area contributed by atoms with E-state index < -0.39 is 0 Å². The third-order valence-corrected chi connectivity index (χ3v) is 2.35. The molecule has 0 heterocycles. The van der Waals surface area contributed by atoms with Crippen molar-refractivity contribution < 1.29 is 5.11 Å². The lowest BCUT2D eigenvalue weighted by atomic mass is 10.1. The summed E-state index contributed by atoms with van der Waals surface area (Å²) in [5.74, 6) is 0. The van der Waals surface area contributed by atoms with E-state index in [0.717, 1.165) is 25.1 Å². The van der Waals surface area contributed by atoms with Crippen LogP contribution in [0.3, 0.4) is 0 Å². The number of nitrogen functional groups attached to an aromatic ring is 1. The average Bonchev–Trinajstić information content (AvgIpc) is 2.22. The topological polar surface area (TPSA) is 58.3 Å². The second kappa shape index (κ2) is 6.43. The fraction of sp³-hybridized carbons (Fsp3) is 0.500. The van der Waals surface area contributed by atoms with Crippen LogP contribution in [0, 0.1) is 0 Å². The summed E-state index contributed by atoms with van der Waals surface area (Å²) in [6.07, 6.45) is 1.80. The van der Waals surface area contributed by atoms with Gasteiger partial charge in [-0.3, -0.25) is 0 Å². The van der Waals surface area contributed by atoms with Crippen molar-refractivity contribution in [2.45, 2.75) is 25.8 Å². The van der Waals surface area contributed by atoms with Crippen molar-refractivity contribution >= 4 is 5.69 Å². The van der Waals surface area contributed by atoms with Gasteiger partial charge in [0.1, 0.15) is 0 Å². The number of hydrogen-bond acceptors (Lipinski definition) is 3. The molecular formula is C12H20N2O. The smallest absolute Gasteiger partial charge is 0.0443 e. The summed E-state index contributed by atoms with van der Waals surface area (Å²) in [5.41, 5.74) is 7.70. The van der Waals surface area contributed by atoms with Crippen molar-refractivity contribution in [3.05, 3.63) is 29.8 Å². The molecule has 1 unspecified atom stereocenters. The van der Waals surface area contributed by atoms with Crippen LogP contribution in [0.25, 0.3) is 0 Å². The predicted molar refractivity (Wildman–Crippen MR) is 63.7 cm³/mol. The number of anilines is 1. The lowest BCUT2D eigenvalue weighted by Crippen LogP contribution is -2.29. The highest BCUT2D eigenvalue weighted by atomic mass is 16.3.